The van der Waals surface area contributed by atoms with Gasteiger partial charge in [-0.3, -0.25) is 9.59 Å². The molecule has 7 nitrogen and oxygen atoms in total. The van der Waals surface area contributed by atoms with Crippen LogP contribution in [0.4, 0.5) is 0 Å². The van der Waals surface area contributed by atoms with E-state index in [-0.39, 0.29) is 16.7 Å². The van der Waals surface area contributed by atoms with Crippen LogP contribution in [0.2, 0.25) is 0 Å². The van der Waals surface area contributed by atoms with Gasteiger partial charge < -0.3 is 10.3 Å². The summed E-state index contributed by atoms with van der Waals surface area (Å²) in [4.78, 5) is 31.8. The third-order valence-corrected chi connectivity index (χ3v) is 4.74. The Balaban J connectivity index is 1.88. The Morgan fingerprint density at radius 3 is 2.69 bits per heavy atom. The normalized spacial score (nSPS) is 12.5. The van der Waals surface area contributed by atoms with E-state index in [2.05, 4.69) is 20.4 Å². The van der Waals surface area contributed by atoms with Gasteiger partial charge in [-0.15, -0.1) is 0 Å². The first-order chi connectivity index (χ1) is 12.5. The van der Waals surface area contributed by atoms with Crippen molar-refractivity contribution in [1.82, 2.24) is 25.1 Å². The largest absolute Gasteiger partial charge is 0.355 e. The van der Waals surface area contributed by atoms with Crippen LogP contribution in [0.1, 0.15) is 20.8 Å². The summed E-state index contributed by atoms with van der Waals surface area (Å²) in [5.74, 6) is 0.300. The number of nitrogens with zero attached hydrogens (tertiary/aromatic N) is 3. The Hall–Kier alpha value is -2.61. The van der Waals surface area contributed by atoms with Crippen molar-refractivity contribution in [2.24, 2.45) is 5.92 Å². The molecule has 1 unspecified atom stereocenters. The van der Waals surface area contributed by atoms with Crippen molar-refractivity contribution in [2.45, 2.75) is 31.2 Å². The zero-order valence-electron chi connectivity index (χ0n) is 14.9. The number of hydrogen-bond donors (Lipinski definition) is 2. The minimum absolute atomic E-state index is 0.0805. The summed E-state index contributed by atoms with van der Waals surface area (Å²) in [6.45, 7) is 6.48. The minimum atomic E-state index is -0.373. The van der Waals surface area contributed by atoms with Crippen LogP contribution in [-0.4, -0.2) is 37.5 Å². The van der Waals surface area contributed by atoms with E-state index in [1.54, 1.807) is 11.6 Å². The van der Waals surface area contributed by atoms with Gasteiger partial charge in [0, 0.05) is 6.54 Å². The smallest absolute Gasteiger partial charge is 0.262 e. The van der Waals surface area contributed by atoms with E-state index in [1.165, 1.54) is 18.0 Å². The first-order valence-electron chi connectivity index (χ1n) is 8.43. The number of nitrogens with one attached hydrogen (secondary N) is 2. The molecule has 0 radical (unpaired) electrons. The minimum Gasteiger partial charge on any atom is -0.355 e. The van der Waals surface area contributed by atoms with Crippen LogP contribution >= 0.6 is 11.8 Å². The number of aromatic nitrogens is 4. The van der Waals surface area contributed by atoms with Gasteiger partial charge in [0.1, 0.15) is 5.39 Å². The highest BCUT2D eigenvalue weighted by atomic mass is 32.2. The summed E-state index contributed by atoms with van der Waals surface area (Å²) in [5, 5.41) is 7.60. The standard InChI is InChI=1S/C18H21N5O2S/c1-11(2)9-19-16(24)12(3)26-18-21-15-14(17(25)22-18)10-20-23(15)13-7-5-4-6-8-13/h4-8,10-12H,9H2,1-3H3,(H,19,24)(H,21,22,25). The third-order valence-electron chi connectivity index (χ3n) is 3.76. The molecule has 1 amide bonds. The van der Waals surface area contributed by atoms with E-state index in [4.69, 9.17) is 0 Å². The number of hydrogen-bond acceptors (Lipinski definition) is 5. The van der Waals surface area contributed by atoms with Crippen LogP contribution < -0.4 is 10.9 Å². The molecular weight excluding hydrogens is 350 g/mol. The number of H-pyrrole nitrogens is 1. The number of carbonyl (C=O) groups excluding carboxylic acids is 1. The van der Waals surface area contributed by atoms with Gasteiger partial charge in [-0.25, -0.2) is 9.67 Å². The fourth-order valence-electron chi connectivity index (χ4n) is 2.38. The predicted molar refractivity (Wildman–Crippen MR) is 103 cm³/mol. The maximum Gasteiger partial charge on any atom is 0.262 e. The zero-order chi connectivity index (χ0) is 18.7. The second-order valence-electron chi connectivity index (χ2n) is 6.40. The highest BCUT2D eigenvalue weighted by molar-refractivity contribution is 8.00. The predicted octanol–water partition coefficient (Wildman–Crippen LogP) is 2.36. The molecule has 3 rings (SSSR count). The summed E-state index contributed by atoms with van der Waals surface area (Å²) in [6, 6.07) is 9.49. The van der Waals surface area contributed by atoms with Gasteiger partial charge in [0.2, 0.25) is 5.91 Å². The Morgan fingerprint density at radius 2 is 2.00 bits per heavy atom. The van der Waals surface area contributed by atoms with Gasteiger partial charge in [-0.2, -0.15) is 5.10 Å². The van der Waals surface area contributed by atoms with Crippen molar-refractivity contribution >= 4 is 28.7 Å². The van der Waals surface area contributed by atoms with Crippen molar-refractivity contribution in [1.29, 1.82) is 0 Å². The SMILES string of the molecule is CC(C)CNC(=O)C(C)Sc1nc2c(cnn2-c2ccccc2)c(=O)[nH]1. The first-order valence-corrected chi connectivity index (χ1v) is 9.31. The van der Waals surface area contributed by atoms with E-state index in [1.807, 2.05) is 44.2 Å². The van der Waals surface area contributed by atoms with Gasteiger partial charge in [0.15, 0.2) is 10.8 Å². The summed E-state index contributed by atoms with van der Waals surface area (Å²) >= 11 is 1.22. The van der Waals surface area contributed by atoms with Crippen molar-refractivity contribution in [2.75, 3.05) is 6.54 Å². The quantitative estimate of drug-likeness (QED) is 0.513. The highest BCUT2D eigenvalue weighted by Gasteiger charge is 2.18. The molecule has 0 bridgehead atoms. The summed E-state index contributed by atoms with van der Waals surface area (Å²) in [7, 11) is 0. The zero-order valence-corrected chi connectivity index (χ0v) is 15.7. The maximum atomic E-state index is 12.3. The number of thioether (sulfide) groups is 1. The molecular formula is C18H21N5O2S. The lowest BCUT2D eigenvalue weighted by Crippen LogP contribution is -2.33. The fourth-order valence-corrected chi connectivity index (χ4v) is 3.20. The van der Waals surface area contributed by atoms with Crippen LogP contribution in [0.25, 0.3) is 16.7 Å². The van der Waals surface area contributed by atoms with Crippen LogP contribution in [0.15, 0.2) is 46.5 Å². The number of carbonyl (C=O) groups is 1. The van der Waals surface area contributed by atoms with E-state index in [9.17, 15) is 9.59 Å². The molecule has 0 fully saturated rings. The highest BCUT2D eigenvalue weighted by Crippen LogP contribution is 2.21. The molecule has 0 saturated heterocycles. The van der Waals surface area contributed by atoms with E-state index >= 15 is 0 Å². The third kappa shape index (κ3) is 3.96. The molecule has 0 saturated carbocycles. The number of benzene rings is 1. The van der Waals surface area contributed by atoms with Gasteiger partial charge in [-0.1, -0.05) is 43.8 Å². The van der Waals surface area contributed by atoms with E-state index < -0.39 is 0 Å². The Bertz CT molecular complexity index is 965. The van der Waals surface area contributed by atoms with Crippen molar-refractivity contribution in [3.8, 4) is 5.69 Å². The van der Waals surface area contributed by atoms with Crippen LogP contribution in [0.5, 0.6) is 0 Å². The number of para-hydroxylation sites is 1. The molecule has 0 aliphatic carbocycles. The number of aromatic amines is 1. The Morgan fingerprint density at radius 1 is 1.27 bits per heavy atom. The second kappa shape index (κ2) is 7.74. The van der Waals surface area contributed by atoms with E-state index in [0.717, 1.165) is 5.69 Å². The molecule has 2 N–H and O–H groups in total. The number of fused-ring (bicyclic) bond motifs is 1. The molecule has 3 aromatic rings. The summed E-state index contributed by atoms with van der Waals surface area (Å²) in [6.07, 6.45) is 1.50. The number of rotatable bonds is 6. The van der Waals surface area contributed by atoms with Gasteiger partial charge >= 0.3 is 0 Å². The van der Waals surface area contributed by atoms with Gasteiger partial charge in [0.05, 0.1) is 17.1 Å². The average Bonchev–Trinajstić information content (AvgIpc) is 3.04. The molecule has 0 aliphatic rings. The number of amides is 1. The van der Waals surface area contributed by atoms with Crippen LogP contribution in [-0.2, 0) is 4.79 Å². The topological polar surface area (TPSA) is 92.7 Å². The summed E-state index contributed by atoms with van der Waals surface area (Å²) in [5.41, 5.74) is 1.02. The van der Waals surface area contributed by atoms with Crippen LogP contribution in [0.3, 0.4) is 0 Å². The average molecular weight is 371 g/mol. The van der Waals surface area contributed by atoms with Crippen molar-refractivity contribution in [3.05, 3.63) is 46.9 Å². The fraction of sp³-hybridized carbons (Fsp3) is 0.333. The molecule has 26 heavy (non-hydrogen) atoms. The molecule has 136 valence electrons. The van der Waals surface area contributed by atoms with Gasteiger partial charge in [-0.05, 0) is 25.0 Å². The summed E-state index contributed by atoms with van der Waals surface area (Å²) < 4.78 is 1.62. The lowest BCUT2D eigenvalue weighted by molar-refractivity contribution is -0.120. The molecule has 0 aliphatic heterocycles. The Labute approximate surface area is 155 Å². The molecule has 1 aromatic carbocycles. The molecule has 1 atom stereocenters. The molecule has 8 heteroatoms. The lowest BCUT2D eigenvalue weighted by atomic mass is 10.2. The monoisotopic (exact) mass is 371 g/mol. The van der Waals surface area contributed by atoms with E-state index in [0.29, 0.717) is 28.7 Å². The maximum absolute atomic E-state index is 12.3. The van der Waals surface area contributed by atoms with Crippen molar-refractivity contribution < 1.29 is 4.79 Å². The van der Waals surface area contributed by atoms with Gasteiger partial charge in [0.25, 0.3) is 5.56 Å². The first kappa shape index (κ1) is 18.2. The van der Waals surface area contributed by atoms with Crippen LogP contribution in [0, 0.1) is 5.92 Å². The molecule has 2 heterocycles. The lowest BCUT2D eigenvalue weighted by Gasteiger charge is -2.12. The molecule has 2 aromatic heterocycles. The van der Waals surface area contributed by atoms with Crippen molar-refractivity contribution in [3.63, 3.8) is 0 Å². The Kier molecular flexibility index (Phi) is 5.41. The molecule has 0 spiro atoms. The second-order valence-corrected chi connectivity index (χ2v) is 7.73.